The van der Waals surface area contributed by atoms with Crippen LogP contribution in [0.1, 0.15) is 0 Å². The highest BCUT2D eigenvalue weighted by atomic mass is 32.2. The van der Waals surface area contributed by atoms with Crippen LogP contribution < -0.4 is 5.32 Å². The predicted octanol–water partition coefficient (Wildman–Crippen LogP) is 2.84. The van der Waals surface area contributed by atoms with Crippen molar-refractivity contribution >= 4 is 42.9 Å². The van der Waals surface area contributed by atoms with Gasteiger partial charge < -0.3 is 5.32 Å². The molecule has 20 heavy (non-hydrogen) atoms. The van der Waals surface area contributed by atoms with Gasteiger partial charge >= 0.3 is 0 Å². The van der Waals surface area contributed by atoms with Crippen LogP contribution in [0.3, 0.4) is 0 Å². The molecule has 0 aliphatic rings. The molecule has 0 unspecified atom stereocenters. The number of hydrogen-bond acceptors (Lipinski definition) is 6. The summed E-state index contributed by atoms with van der Waals surface area (Å²) >= 11 is 1.54. The lowest BCUT2D eigenvalue weighted by Gasteiger charge is -2.07. The molecule has 0 spiro atoms. The van der Waals surface area contributed by atoms with Gasteiger partial charge in [-0.15, -0.1) is 11.3 Å². The lowest BCUT2D eigenvalue weighted by Crippen LogP contribution is -1.99. The van der Waals surface area contributed by atoms with Gasteiger partial charge in [0.15, 0.2) is 15.7 Å². The van der Waals surface area contributed by atoms with E-state index in [1.807, 2.05) is 11.4 Å². The second-order valence-electron chi connectivity index (χ2n) is 4.28. The fourth-order valence-corrected chi connectivity index (χ4v) is 3.28. The summed E-state index contributed by atoms with van der Waals surface area (Å²) < 4.78 is 24.1. The average molecular weight is 305 g/mol. The Bertz CT molecular complexity index is 872. The second-order valence-corrected chi connectivity index (χ2v) is 7.21. The average Bonchev–Trinajstić information content (AvgIpc) is 2.87. The van der Waals surface area contributed by atoms with Crippen LogP contribution in [0, 0.1) is 0 Å². The van der Waals surface area contributed by atoms with Crippen molar-refractivity contribution in [1.82, 2.24) is 9.97 Å². The third kappa shape index (κ3) is 2.50. The fraction of sp³-hybridized carbons (Fsp3) is 0.0769. The standard InChI is InChI=1S/C13H11N3O2S2/c1-20(17,18)10-4-2-3-9(7-10)16-13-12-11(5-6-19-12)14-8-15-13/h2-8H,1H3,(H,14,15,16). The molecule has 0 atom stereocenters. The van der Waals surface area contributed by atoms with E-state index in [0.717, 1.165) is 10.2 Å². The zero-order valence-corrected chi connectivity index (χ0v) is 12.2. The van der Waals surface area contributed by atoms with E-state index in [9.17, 15) is 8.42 Å². The molecule has 3 rings (SSSR count). The SMILES string of the molecule is CS(=O)(=O)c1cccc(Nc2ncnc3ccsc23)c1. The second kappa shape index (κ2) is 4.84. The molecule has 0 saturated carbocycles. The first-order valence-electron chi connectivity index (χ1n) is 5.79. The van der Waals surface area contributed by atoms with Gasteiger partial charge in [-0.1, -0.05) is 6.07 Å². The molecule has 1 aromatic carbocycles. The number of anilines is 2. The zero-order valence-electron chi connectivity index (χ0n) is 10.6. The van der Waals surface area contributed by atoms with Crippen LogP contribution in [0.25, 0.3) is 10.2 Å². The summed E-state index contributed by atoms with van der Waals surface area (Å²) in [6.45, 7) is 0. The van der Waals surface area contributed by atoms with Gasteiger partial charge in [-0.3, -0.25) is 0 Å². The summed E-state index contributed by atoms with van der Waals surface area (Å²) in [5.41, 5.74) is 1.55. The Morgan fingerprint density at radius 3 is 2.85 bits per heavy atom. The van der Waals surface area contributed by atoms with Crippen molar-refractivity contribution in [2.75, 3.05) is 11.6 Å². The van der Waals surface area contributed by atoms with Crippen LogP contribution >= 0.6 is 11.3 Å². The Balaban J connectivity index is 2.01. The van der Waals surface area contributed by atoms with Gasteiger partial charge in [-0.2, -0.15) is 0 Å². The van der Waals surface area contributed by atoms with E-state index in [1.54, 1.807) is 24.3 Å². The number of benzene rings is 1. The highest BCUT2D eigenvalue weighted by molar-refractivity contribution is 7.90. The van der Waals surface area contributed by atoms with E-state index in [1.165, 1.54) is 23.9 Å². The van der Waals surface area contributed by atoms with Gasteiger partial charge in [-0.05, 0) is 29.6 Å². The largest absolute Gasteiger partial charge is 0.339 e. The van der Waals surface area contributed by atoms with Crippen molar-refractivity contribution in [3.05, 3.63) is 42.0 Å². The molecule has 2 heterocycles. The quantitative estimate of drug-likeness (QED) is 0.805. The summed E-state index contributed by atoms with van der Waals surface area (Å²) in [5, 5.41) is 5.08. The van der Waals surface area contributed by atoms with E-state index >= 15 is 0 Å². The number of aromatic nitrogens is 2. The first-order chi connectivity index (χ1) is 9.54. The third-order valence-corrected chi connectivity index (χ3v) is 4.79. The van der Waals surface area contributed by atoms with Gasteiger partial charge in [0, 0.05) is 11.9 Å². The van der Waals surface area contributed by atoms with Gasteiger partial charge in [0.05, 0.1) is 15.1 Å². The van der Waals surface area contributed by atoms with E-state index in [-0.39, 0.29) is 4.90 Å². The summed E-state index contributed by atoms with van der Waals surface area (Å²) in [7, 11) is -3.22. The van der Waals surface area contributed by atoms with Crippen LogP contribution in [-0.2, 0) is 9.84 Å². The Labute approximate surface area is 120 Å². The summed E-state index contributed by atoms with van der Waals surface area (Å²) in [6.07, 6.45) is 2.67. The Morgan fingerprint density at radius 1 is 1.20 bits per heavy atom. The van der Waals surface area contributed by atoms with Crippen molar-refractivity contribution in [3.63, 3.8) is 0 Å². The maximum atomic E-state index is 11.6. The molecule has 0 aliphatic heterocycles. The third-order valence-electron chi connectivity index (χ3n) is 2.77. The molecule has 7 heteroatoms. The number of hydrogen-bond donors (Lipinski definition) is 1. The predicted molar refractivity (Wildman–Crippen MR) is 80.2 cm³/mol. The van der Waals surface area contributed by atoms with Crippen molar-refractivity contribution in [1.29, 1.82) is 0 Å². The fourth-order valence-electron chi connectivity index (χ4n) is 1.82. The number of nitrogens with one attached hydrogen (secondary N) is 1. The molecular formula is C13H11N3O2S2. The number of fused-ring (bicyclic) bond motifs is 1. The van der Waals surface area contributed by atoms with Crippen LogP contribution in [0.2, 0.25) is 0 Å². The molecule has 5 nitrogen and oxygen atoms in total. The molecule has 0 bridgehead atoms. The molecule has 0 amide bonds. The van der Waals surface area contributed by atoms with Crippen molar-refractivity contribution < 1.29 is 8.42 Å². The molecule has 0 aliphatic carbocycles. The molecule has 2 aromatic heterocycles. The van der Waals surface area contributed by atoms with E-state index in [4.69, 9.17) is 0 Å². The Morgan fingerprint density at radius 2 is 2.05 bits per heavy atom. The van der Waals surface area contributed by atoms with Crippen molar-refractivity contribution in [3.8, 4) is 0 Å². The molecule has 0 saturated heterocycles. The zero-order chi connectivity index (χ0) is 14.2. The minimum atomic E-state index is -3.22. The topological polar surface area (TPSA) is 72.0 Å². The highest BCUT2D eigenvalue weighted by Gasteiger charge is 2.09. The van der Waals surface area contributed by atoms with Crippen molar-refractivity contribution in [2.45, 2.75) is 4.90 Å². The Hall–Kier alpha value is -1.99. The first-order valence-corrected chi connectivity index (χ1v) is 8.56. The van der Waals surface area contributed by atoms with Gasteiger partial charge in [-0.25, -0.2) is 18.4 Å². The van der Waals surface area contributed by atoms with Gasteiger partial charge in [0.2, 0.25) is 0 Å². The minimum Gasteiger partial charge on any atom is -0.339 e. The summed E-state index contributed by atoms with van der Waals surface area (Å²) in [5.74, 6) is 0.677. The molecule has 0 fully saturated rings. The number of rotatable bonds is 3. The minimum absolute atomic E-state index is 0.277. The van der Waals surface area contributed by atoms with E-state index < -0.39 is 9.84 Å². The van der Waals surface area contributed by atoms with Crippen LogP contribution in [0.5, 0.6) is 0 Å². The maximum Gasteiger partial charge on any atom is 0.175 e. The molecule has 102 valence electrons. The monoisotopic (exact) mass is 305 g/mol. The molecule has 3 aromatic rings. The molecular weight excluding hydrogens is 294 g/mol. The van der Waals surface area contributed by atoms with E-state index in [0.29, 0.717) is 11.5 Å². The van der Waals surface area contributed by atoms with Crippen LogP contribution in [0.15, 0.2) is 46.9 Å². The first kappa shape index (κ1) is 13.0. The number of nitrogens with zero attached hydrogens (tertiary/aromatic N) is 2. The maximum absolute atomic E-state index is 11.6. The van der Waals surface area contributed by atoms with E-state index in [2.05, 4.69) is 15.3 Å². The Kier molecular flexibility index (Phi) is 3.15. The molecule has 0 radical (unpaired) electrons. The highest BCUT2D eigenvalue weighted by Crippen LogP contribution is 2.28. The number of sulfone groups is 1. The summed E-state index contributed by atoms with van der Waals surface area (Å²) in [6, 6.07) is 8.58. The normalized spacial score (nSPS) is 11.7. The summed E-state index contributed by atoms with van der Waals surface area (Å²) in [4.78, 5) is 8.65. The van der Waals surface area contributed by atoms with Crippen molar-refractivity contribution in [2.24, 2.45) is 0 Å². The van der Waals surface area contributed by atoms with Crippen LogP contribution in [-0.4, -0.2) is 24.6 Å². The van der Waals surface area contributed by atoms with Gasteiger partial charge in [0.25, 0.3) is 0 Å². The van der Waals surface area contributed by atoms with Crippen LogP contribution in [0.4, 0.5) is 11.5 Å². The number of thiophene rings is 1. The smallest absolute Gasteiger partial charge is 0.175 e. The van der Waals surface area contributed by atoms with Gasteiger partial charge in [0.1, 0.15) is 6.33 Å². The lowest BCUT2D eigenvalue weighted by atomic mass is 10.3. The lowest BCUT2D eigenvalue weighted by molar-refractivity contribution is 0.602. The molecule has 1 N–H and O–H groups in total.